The molecule has 0 aliphatic carbocycles. The van der Waals surface area contributed by atoms with Crippen LogP contribution in [0.15, 0.2) is 29.8 Å². The van der Waals surface area contributed by atoms with Crippen LogP contribution >= 0.6 is 11.3 Å². The highest BCUT2D eigenvalue weighted by atomic mass is 32.1. The van der Waals surface area contributed by atoms with Crippen LogP contribution in [-0.4, -0.2) is 14.5 Å². The lowest BCUT2D eigenvalue weighted by Gasteiger charge is -2.26. The van der Waals surface area contributed by atoms with Gasteiger partial charge in [-0.15, -0.1) is 11.3 Å². The fourth-order valence-corrected chi connectivity index (χ4v) is 3.03. The van der Waals surface area contributed by atoms with Gasteiger partial charge in [0.2, 0.25) is 5.95 Å². The topological polar surface area (TPSA) is 56.7 Å². The summed E-state index contributed by atoms with van der Waals surface area (Å²) in [6, 6.07) is 4.47. The van der Waals surface area contributed by atoms with E-state index in [9.17, 15) is 4.39 Å². The summed E-state index contributed by atoms with van der Waals surface area (Å²) in [7, 11) is 0. The maximum Gasteiger partial charge on any atom is 0.202 e. The zero-order valence-electron chi connectivity index (χ0n) is 10.6. The minimum atomic E-state index is -0.471. The largest absolute Gasteiger partial charge is 0.369 e. The van der Waals surface area contributed by atoms with Crippen molar-refractivity contribution in [1.82, 2.24) is 14.5 Å². The van der Waals surface area contributed by atoms with E-state index >= 15 is 0 Å². The molecule has 0 amide bonds. The number of thiazole rings is 1. The van der Waals surface area contributed by atoms with Crippen LogP contribution in [0.2, 0.25) is 0 Å². The van der Waals surface area contributed by atoms with Crippen molar-refractivity contribution in [2.45, 2.75) is 19.4 Å². The number of aromatic nitrogens is 3. The molecule has 98 valence electrons. The summed E-state index contributed by atoms with van der Waals surface area (Å²) in [6.45, 7) is 3.99. The molecule has 0 bridgehead atoms. The molecule has 0 fully saturated rings. The summed E-state index contributed by atoms with van der Waals surface area (Å²) >= 11 is 1.54. The van der Waals surface area contributed by atoms with Gasteiger partial charge in [0.05, 0.1) is 16.6 Å². The molecule has 2 aromatic heterocycles. The number of nitrogen functional groups attached to an aromatic ring is 1. The molecule has 0 spiro atoms. The van der Waals surface area contributed by atoms with Gasteiger partial charge in [-0.1, -0.05) is 0 Å². The number of fused-ring (bicyclic) bond motifs is 1. The smallest absolute Gasteiger partial charge is 0.202 e. The number of halogens is 1. The summed E-state index contributed by atoms with van der Waals surface area (Å²) in [4.78, 5) is 8.62. The first-order valence-electron chi connectivity index (χ1n) is 5.84. The summed E-state index contributed by atoms with van der Waals surface area (Å²) < 4.78 is 15.3. The average molecular weight is 276 g/mol. The van der Waals surface area contributed by atoms with Gasteiger partial charge in [-0.25, -0.2) is 14.4 Å². The van der Waals surface area contributed by atoms with Crippen molar-refractivity contribution in [2.24, 2.45) is 0 Å². The second-order valence-electron chi connectivity index (χ2n) is 4.83. The number of rotatable bonds is 2. The predicted octanol–water partition coefficient (Wildman–Crippen LogP) is 3.00. The van der Waals surface area contributed by atoms with Crippen molar-refractivity contribution >= 4 is 28.3 Å². The molecule has 0 saturated carbocycles. The minimum absolute atomic E-state index is 0.302. The van der Waals surface area contributed by atoms with Crippen LogP contribution in [0.4, 0.5) is 10.3 Å². The van der Waals surface area contributed by atoms with Crippen LogP contribution in [0.25, 0.3) is 11.0 Å². The fraction of sp³-hybridized carbons (Fsp3) is 0.231. The molecule has 4 nitrogen and oxygen atoms in total. The molecule has 0 aliphatic heterocycles. The van der Waals surface area contributed by atoms with Crippen LogP contribution < -0.4 is 5.73 Å². The standard InChI is InChI=1S/C13H13FN4S/c1-13(2,11-16-5-6-19-11)18-10-7-8(14)3-4-9(10)17-12(18)15/h3-7H,1-2H3,(H2,15,17). The Balaban J connectivity index is 2.30. The van der Waals surface area contributed by atoms with Crippen LogP contribution in [0.3, 0.4) is 0 Å². The Labute approximate surface area is 113 Å². The summed E-state index contributed by atoms with van der Waals surface area (Å²) in [5, 5.41) is 2.82. The lowest BCUT2D eigenvalue weighted by atomic mass is 10.1. The molecule has 6 heteroatoms. The minimum Gasteiger partial charge on any atom is -0.369 e. The van der Waals surface area contributed by atoms with E-state index in [4.69, 9.17) is 5.73 Å². The quantitative estimate of drug-likeness (QED) is 0.782. The van der Waals surface area contributed by atoms with Gasteiger partial charge in [0.25, 0.3) is 0 Å². The van der Waals surface area contributed by atoms with Gasteiger partial charge in [0.15, 0.2) is 0 Å². The third-order valence-electron chi connectivity index (χ3n) is 3.16. The Kier molecular flexibility index (Phi) is 2.56. The van der Waals surface area contributed by atoms with E-state index in [1.165, 1.54) is 12.1 Å². The molecule has 0 saturated heterocycles. The van der Waals surface area contributed by atoms with E-state index in [0.717, 1.165) is 5.01 Å². The first kappa shape index (κ1) is 12.1. The monoisotopic (exact) mass is 276 g/mol. The van der Waals surface area contributed by atoms with E-state index < -0.39 is 5.54 Å². The van der Waals surface area contributed by atoms with Gasteiger partial charge in [0, 0.05) is 11.6 Å². The maximum absolute atomic E-state index is 13.5. The van der Waals surface area contributed by atoms with E-state index in [0.29, 0.717) is 17.0 Å². The van der Waals surface area contributed by atoms with Gasteiger partial charge in [0.1, 0.15) is 10.8 Å². The summed E-state index contributed by atoms with van der Waals surface area (Å²) in [6.07, 6.45) is 1.75. The Bertz CT molecular complexity index is 731. The Morgan fingerprint density at radius 1 is 1.37 bits per heavy atom. The van der Waals surface area contributed by atoms with Crippen molar-refractivity contribution < 1.29 is 4.39 Å². The molecule has 3 rings (SSSR count). The number of anilines is 1. The molecule has 0 atom stereocenters. The van der Waals surface area contributed by atoms with Gasteiger partial charge in [-0.3, -0.25) is 4.57 Å². The molecule has 19 heavy (non-hydrogen) atoms. The molecule has 1 aromatic carbocycles. The van der Waals surface area contributed by atoms with Crippen LogP contribution in [0, 0.1) is 5.82 Å². The Morgan fingerprint density at radius 3 is 2.84 bits per heavy atom. The second-order valence-corrected chi connectivity index (χ2v) is 5.73. The van der Waals surface area contributed by atoms with Crippen molar-refractivity contribution in [2.75, 3.05) is 5.73 Å². The fourth-order valence-electron chi connectivity index (χ4n) is 2.28. The van der Waals surface area contributed by atoms with Gasteiger partial charge >= 0.3 is 0 Å². The first-order valence-corrected chi connectivity index (χ1v) is 6.72. The third kappa shape index (κ3) is 1.79. The Morgan fingerprint density at radius 2 is 2.16 bits per heavy atom. The molecular weight excluding hydrogens is 263 g/mol. The maximum atomic E-state index is 13.5. The molecule has 2 heterocycles. The highest BCUT2D eigenvalue weighted by Gasteiger charge is 2.29. The lowest BCUT2D eigenvalue weighted by molar-refractivity contribution is 0.452. The number of imidazole rings is 1. The highest BCUT2D eigenvalue weighted by molar-refractivity contribution is 7.09. The predicted molar refractivity (Wildman–Crippen MR) is 74.6 cm³/mol. The van der Waals surface area contributed by atoms with E-state index in [1.54, 1.807) is 23.6 Å². The number of benzene rings is 1. The molecule has 3 aromatic rings. The van der Waals surface area contributed by atoms with Gasteiger partial charge < -0.3 is 5.73 Å². The van der Waals surface area contributed by atoms with Crippen LogP contribution in [0.5, 0.6) is 0 Å². The average Bonchev–Trinajstić information content (AvgIpc) is 2.95. The molecule has 0 radical (unpaired) electrons. The SMILES string of the molecule is CC(C)(c1nccs1)n1c(N)nc2ccc(F)cc21. The zero-order chi connectivity index (χ0) is 13.6. The van der Waals surface area contributed by atoms with Gasteiger partial charge in [-0.2, -0.15) is 0 Å². The van der Waals surface area contributed by atoms with Crippen LogP contribution in [-0.2, 0) is 5.54 Å². The van der Waals surface area contributed by atoms with E-state index in [-0.39, 0.29) is 5.82 Å². The van der Waals surface area contributed by atoms with Crippen molar-refractivity contribution in [3.05, 3.63) is 40.6 Å². The highest BCUT2D eigenvalue weighted by Crippen LogP contribution is 2.33. The lowest BCUT2D eigenvalue weighted by Crippen LogP contribution is -2.28. The third-order valence-corrected chi connectivity index (χ3v) is 4.24. The number of nitrogens with two attached hydrogens (primary N) is 1. The number of hydrogen-bond donors (Lipinski definition) is 1. The number of nitrogens with zero attached hydrogens (tertiary/aromatic N) is 3. The van der Waals surface area contributed by atoms with Crippen molar-refractivity contribution in [3.63, 3.8) is 0 Å². The molecule has 2 N–H and O–H groups in total. The summed E-state index contributed by atoms with van der Waals surface area (Å²) in [5.74, 6) is 0.0596. The van der Waals surface area contributed by atoms with E-state index in [2.05, 4.69) is 9.97 Å². The molecule has 0 unspecified atom stereocenters. The van der Waals surface area contributed by atoms with Crippen LogP contribution in [0.1, 0.15) is 18.9 Å². The van der Waals surface area contributed by atoms with E-state index in [1.807, 2.05) is 23.8 Å². The van der Waals surface area contributed by atoms with Crippen molar-refractivity contribution in [1.29, 1.82) is 0 Å². The second kappa shape index (κ2) is 4.03. The molecular formula is C13H13FN4S. The Hall–Kier alpha value is -1.95. The zero-order valence-corrected chi connectivity index (χ0v) is 11.4. The van der Waals surface area contributed by atoms with Gasteiger partial charge in [-0.05, 0) is 32.0 Å². The first-order chi connectivity index (χ1) is 9.00. The molecule has 0 aliphatic rings. The van der Waals surface area contributed by atoms with Crippen molar-refractivity contribution in [3.8, 4) is 0 Å². The number of hydrogen-bond acceptors (Lipinski definition) is 4. The normalized spacial score (nSPS) is 12.2. The summed E-state index contributed by atoms with van der Waals surface area (Å²) in [5.41, 5.74) is 6.89.